The third-order valence-corrected chi connectivity index (χ3v) is 5.60. The summed E-state index contributed by atoms with van der Waals surface area (Å²) in [6.45, 7) is 1.34. The number of benzene rings is 2. The van der Waals surface area contributed by atoms with Gasteiger partial charge in [0.15, 0.2) is 0 Å². The average molecular weight is 427 g/mol. The Labute approximate surface area is 160 Å². The summed E-state index contributed by atoms with van der Waals surface area (Å²) in [5, 5.41) is 2.98. The Morgan fingerprint density at radius 2 is 1.77 bits per heavy atom. The number of hydrogen-bond acceptors (Lipinski definition) is 3. The van der Waals surface area contributed by atoms with Crippen LogP contribution in [0.2, 0.25) is 5.02 Å². The fraction of sp³-hybridized carbons (Fsp3) is 0.250. The molecule has 0 fully saturated rings. The Morgan fingerprint density at radius 1 is 1.08 bits per heavy atom. The molecule has 1 aliphatic heterocycles. The minimum Gasteiger partial charge on any atom is -0.309 e. The lowest BCUT2D eigenvalue weighted by atomic mass is 10.1. The van der Waals surface area contributed by atoms with Crippen molar-refractivity contribution in [3.05, 3.63) is 63.7 Å². The van der Waals surface area contributed by atoms with Crippen molar-refractivity contribution in [3.63, 3.8) is 0 Å². The van der Waals surface area contributed by atoms with Crippen LogP contribution >= 0.6 is 24.0 Å². The fourth-order valence-corrected chi connectivity index (χ4v) is 4.07. The van der Waals surface area contributed by atoms with E-state index >= 15 is 0 Å². The highest BCUT2D eigenvalue weighted by Crippen LogP contribution is 2.35. The van der Waals surface area contributed by atoms with Gasteiger partial charge in [-0.25, -0.2) is 13.1 Å². The summed E-state index contributed by atoms with van der Waals surface area (Å²) >= 11 is 5.58. The van der Waals surface area contributed by atoms with Gasteiger partial charge in [-0.05, 0) is 34.9 Å². The summed E-state index contributed by atoms with van der Waals surface area (Å²) in [6, 6.07) is 8.05. The Hall–Kier alpha value is -1.32. The van der Waals surface area contributed by atoms with E-state index in [2.05, 4.69) is 10.0 Å². The van der Waals surface area contributed by atoms with Crippen LogP contribution in [0.4, 0.5) is 13.2 Å². The molecule has 10 heteroatoms. The van der Waals surface area contributed by atoms with Crippen LogP contribution in [0.1, 0.15) is 22.3 Å². The minimum absolute atomic E-state index is 0. The van der Waals surface area contributed by atoms with Crippen molar-refractivity contribution in [2.24, 2.45) is 0 Å². The zero-order valence-electron chi connectivity index (χ0n) is 13.2. The van der Waals surface area contributed by atoms with Crippen molar-refractivity contribution < 1.29 is 21.6 Å². The van der Waals surface area contributed by atoms with Gasteiger partial charge in [-0.15, -0.1) is 12.4 Å². The van der Waals surface area contributed by atoms with Crippen molar-refractivity contribution in [2.45, 2.75) is 30.7 Å². The maximum absolute atomic E-state index is 13.1. The first kappa shape index (κ1) is 21.0. The molecule has 0 aliphatic carbocycles. The second kappa shape index (κ2) is 7.74. The molecule has 1 heterocycles. The maximum Gasteiger partial charge on any atom is 0.417 e. The molecule has 4 nitrogen and oxygen atoms in total. The first-order valence-electron chi connectivity index (χ1n) is 7.34. The van der Waals surface area contributed by atoms with E-state index in [0.717, 1.165) is 29.8 Å². The molecule has 0 saturated heterocycles. The van der Waals surface area contributed by atoms with Crippen LogP contribution in [-0.4, -0.2) is 8.42 Å². The molecule has 26 heavy (non-hydrogen) atoms. The summed E-state index contributed by atoms with van der Waals surface area (Å²) in [7, 11) is -4.35. The highest BCUT2D eigenvalue weighted by molar-refractivity contribution is 7.89. The fourth-order valence-electron chi connectivity index (χ4n) is 2.67. The molecule has 0 unspecified atom stereocenters. The summed E-state index contributed by atoms with van der Waals surface area (Å²) in [6.07, 6.45) is -4.83. The molecule has 142 valence electrons. The highest BCUT2D eigenvalue weighted by atomic mass is 35.5. The van der Waals surface area contributed by atoms with Crippen LogP contribution in [0.3, 0.4) is 0 Å². The van der Waals surface area contributed by atoms with Gasteiger partial charge in [-0.3, -0.25) is 0 Å². The van der Waals surface area contributed by atoms with E-state index < -0.39 is 26.7 Å². The van der Waals surface area contributed by atoms with Crippen molar-refractivity contribution in [3.8, 4) is 0 Å². The van der Waals surface area contributed by atoms with Gasteiger partial charge < -0.3 is 5.32 Å². The molecule has 1 aliphatic rings. The van der Waals surface area contributed by atoms with Crippen LogP contribution in [0, 0.1) is 0 Å². The van der Waals surface area contributed by atoms with Crippen LogP contribution < -0.4 is 10.0 Å². The van der Waals surface area contributed by atoms with Gasteiger partial charge in [0, 0.05) is 24.7 Å². The Bertz CT molecular complexity index is 918. The van der Waals surface area contributed by atoms with E-state index in [0.29, 0.717) is 18.2 Å². The lowest BCUT2D eigenvalue weighted by Gasteiger charge is -2.14. The van der Waals surface area contributed by atoms with E-state index in [1.807, 2.05) is 12.1 Å². The third kappa shape index (κ3) is 4.50. The predicted molar refractivity (Wildman–Crippen MR) is 94.7 cm³/mol. The van der Waals surface area contributed by atoms with Crippen LogP contribution in [0.25, 0.3) is 0 Å². The topological polar surface area (TPSA) is 58.2 Å². The number of fused-ring (bicyclic) bond motifs is 1. The summed E-state index contributed by atoms with van der Waals surface area (Å²) in [5.74, 6) is 0. The number of rotatable bonds is 4. The normalized spacial score (nSPS) is 14.0. The molecule has 2 aromatic rings. The number of nitrogens with one attached hydrogen (secondary N) is 2. The molecule has 2 aromatic carbocycles. The van der Waals surface area contributed by atoms with E-state index in [1.54, 1.807) is 6.07 Å². The van der Waals surface area contributed by atoms with Crippen LogP contribution in [0.5, 0.6) is 0 Å². The predicted octanol–water partition coefficient (Wildman–Crippen LogP) is 3.86. The molecule has 0 aromatic heterocycles. The first-order chi connectivity index (χ1) is 11.7. The zero-order valence-corrected chi connectivity index (χ0v) is 15.6. The van der Waals surface area contributed by atoms with Gasteiger partial charge in [0.05, 0.1) is 10.5 Å². The molecular weight excluding hydrogens is 412 g/mol. The molecule has 0 atom stereocenters. The lowest BCUT2D eigenvalue weighted by molar-refractivity contribution is -0.139. The Kier molecular flexibility index (Phi) is 6.24. The summed E-state index contributed by atoms with van der Waals surface area (Å²) in [4.78, 5) is -0.841. The lowest BCUT2D eigenvalue weighted by Crippen LogP contribution is -2.26. The SMILES string of the molecule is Cl.O=S(=O)(NCc1ccc2c(c1)CNC2)c1ccc(Cl)cc1C(F)(F)F. The smallest absolute Gasteiger partial charge is 0.309 e. The van der Waals surface area contributed by atoms with Gasteiger partial charge in [0.1, 0.15) is 0 Å². The van der Waals surface area contributed by atoms with Crippen molar-refractivity contribution >= 4 is 34.0 Å². The molecular formula is C16H15Cl2F3N2O2S. The van der Waals surface area contributed by atoms with Crippen LogP contribution in [0.15, 0.2) is 41.3 Å². The van der Waals surface area contributed by atoms with E-state index in [-0.39, 0.29) is 24.0 Å². The summed E-state index contributed by atoms with van der Waals surface area (Å²) < 4.78 is 66.3. The number of hydrogen-bond donors (Lipinski definition) is 2. The van der Waals surface area contributed by atoms with Crippen molar-refractivity contribution in [1.29, 1.82) is 0 Å². The molecule has 0 saturated carbocycles. The number of halogens is 5. The first-order valence-corrected chi connectivity index (χ1v) is 9.21. The minimum atomic E-state index is -4.83. The summed E-state index contributed by atoms with van der Waals surface area (Å²) in [5.41, 5.74) is 1.57. The molecule has 0 radical (unpaired) electrons. The van der Waals surface area contributed by atoms with Gasteiger partial charge >= 0.3 is 6.18 Å². The standard InChI is InChI=1S/C16H14ClF3N2O2S.ClH/c17-13-3-4-15(14(6-13)16(18,19)20)25(23,24)22-7-10-1-2-11-8-21-9-12(11)5-10;/h1-6,21-22H,7-9H2;1H. The molecule has 0 bridgehead atoms. The van der Waals surface area contributed by atoms with Crippen molar-refractivity contribution in [1.82, 2.24) is 10.0 Å². The number of alkyl halides is 3. The van der Waals surface area contributed by atoms with Gasteiger partial charge in [-0.2, -0.15) is 13.2 Å². The average Bonchev–Trinajstić information content (AvgIpc) is 2.99. The molecule has 3 rings (SSSR count). The van der Waals surface area contributed by atoms with Gasteiger partial charge in [-0.1, -0.05) is 29.8 Å². The quantitative estimate of drug-likeness (QED) is 0.779. The van der Waals surface area contributed by atoms with E-state index in [4.69, 9.17) is 11.6 Å². The zero-order chi connectivity index (χ0) is 18.2. The maximum atomic E-state index is 13.1. The van der Waals surface area contributed by atoms with Crippen LogP contribution in [-0.2, 0) is 35.8 Å². The second-order valence-corrected chi connectivity index (χ2v) is 7.84. The van der Waals surface area contributed by atoms with Gasteiger partial charge in [0.2, 0.25) is 10.0 Å². The molecule has 0 spiro atoms. The molecule has 2 N–H and O–H groups in total. The largest absolute Gasteiger partial charge is 0.417 e. The van der Waals surface area contributed by atoms with Gasteiger partial charge in [0.25, 0.3) is 0 Å². The second-order valence-electron chi connectivity index (χ2n) is 5.67. The Balaban J connectivity index is 0.00000243. The number of sulfonamides is 1. The van der Waals surface area contributed by atoms with Crippen molar-refractivity contribution in [2.75, 3.05) is 0 Å². The van der Waals surface area contributed by atoms with E-state index in [9.17, 15) is 21.6 Å². The Morgan fingerprint density at radius 3 is 2.46 bits per heavy atom. The molecule has 0 amide bonds. The third-order valence-electron chi connectivity index (χ3n) is 3.90. The van der Waals surface area contributed by atoms with E-state index in [1.165, 1.54) is 0 Å². The highest BCUT2D eigenvalue weighted by Gasteiger charge is 2.37. The monoisotopic (exact) mass is 426 g/mol.